The summed E-state index contributed by atoms with van der Waals surface area (Å²) in [6.07, 6.45) is 1.18. The number of halogens is 4. The molecule has 0 atom stereocenters. The van der Waals surface area contributed by atoms with E-state index < -0.39 is 17.3 Å². The van der Waals surface area contributed by atoms with Gasteiger partial charge in [0.25, 0.3) is 0 Å². The van der Waals surface area contributed by atoms with E-state index in [-0.39, 0.29) is 26.3 Å². The Morgan fingerprint density at radius 2 is 1.79 bits per heavy atom. The molecule has 19 heavy (non-hydrogen) atoms. The van der Waals surface area contributed by atoms with Crippen molar-refractivity contribution < 1.29 is 14.3 Å². The minimum absolute atomic E-state index is 0.128. The van der Waals surface area contributed by atoms with Crippen molar-refractivity contribution in [3.05, 3.63) is 50.8 Å². The fourth-order valence-corrected chi connectivity index (χ4v) is 2.14. The van der Waals surface area contributed by atoms with E-state index in [0.29, 0.717) is 0 Å². The molecule has 0 saturated carbocycles. The number of hydrogen-bond donors (Lipinski definition) is 1. The Morgan fingerprint density at radius 1 is 1.16 bits per heavy atom. The van der Waals surface area contributed by atoms with Crippen molar-refractivity contribution in [3.8, 4) is 11.3 Å². The van der Waals surface area contributed by atoms with Gasteiger partial charge in [-0.05, 0) is 18.2 Å². The van der Waals surface area contributed by atoms with Crippen molar-refractivity contribution in [1.82, 2.24) is 4.98 Å². The van der Waals surface area contributed by atoms with Crippen LogP contribution in [0.25, 0.3) is 11.3 Å². The lowest BCUT2D eigenvalue weighted by atomic mass is 10.1. The van der Waals surface area contributed by atoms with Gasteiger partial charge in [0.1, 0.15) is 5.69 Å². The fraction of sp³-hybridized carbons (Fsp3) is 0. The molecule has 1 heterocycles. The van der Waals surface area contributed by atoms with E-state index in [9.17, 15) is 9.18 Å². The second kappa shape index (κ2) is 5.33. The van der Waals surface area contributed by atoms with Gasteiger partial charge in [0, 0.05) is 11.8 Å². The minimum Gasteiger partial charge on any atom is -0.478 e. The standard InChI is InChI=1S/C12H5Cl3FNO2/c13-7-4-9(15)8(14)3-6(7)11-10(16)5(12(18)19)1-2-17-11/h1-4H,(H,18,19). The molecule has 7 heteroatoms. The van der Waals surface area contributed by atoms with Crippen LogP contribution >= 0.6 is 34.8 Å². The monoisotopic (exact) mass is 319 g/mol. The third-order valence-corrected chi connectivity index (χ3v) is 3.42. The second-order valence-corrected chi connectivity index (χ2v) is 4.79. The molecule has 98 valence electrons. The van der Waals surface area contributed by atoms with Crippen LogP contribution in [0.4, 0.5) is 4.39 Å². The van der Waals surface area contributed by atoms with Crippen LogP contribution < -0.4 is 0 Å². The predicted octanol–water partition coefficient (Wildman–Crippen LogP) is 4.55. The molecule has 0 radical (unpaired) electrons. The number of carboxylic acid groups (broad SMARTS) is 1. The zero-order chi connectivity index (χ0) is 14.2. The van der Waals surface area contributed by atoms with Crippen molar-refractivity contribution >= 4 is 40.8 Å². The van der Waals surface area contributed by atoms with Gasteiger partial charge < -0.3 is 5.11 Å². The van der Waals surface area contributed by atoms with Crippen molar-refractivity contribution in [2.75, 3.05) is 0 Å². The minimum atomic E-state index is -1.39. The first-order valence-corrected chi connectivity index (χ1v) is 6.08. The average molecular weight is 321 g/mol. The summed E-state index contributed by atoms with van der Waals surface area (Å²) in [7, 11) is 0. The Kier molecular flexibility index (Phi) is 3.94. The SMILES string of the molecule is O=C(O)c1ccnc(-c2cc(Cl)c(Cl)cc2Cl)c1F. The number of hydrogen-bond acceptors (Lipinski definition) is 2. The molecule has 0 aliphatic carbocycles. The molecule has 1 aromatic heterocycles. The van der Waals surface area contributed by atoms with Crippen molar-refractivity contribution in [2.45, 2.75) is 0 Å². The summed E-state index contributed by atoms with van der Waals surface area (Å²) in [6, 6.07) is 3.74. The van der Waals surface area contributed by atoms with E-state index in [0.717, 1.165) is 6.07 Å². The van der Waals surface area contributed by atoms with Crippen LogP contribution in [0.5, 0.6) is 0 Å². The van der Waals surface area contributed by atoms with Crippen LogP contribution in [0.1, 0.15) is 10.4 Å². The topological polar surface area (TPSA) is 50.2 Å². The normalized spacial score (nSPS) is 10.5. The molecule has 0 aliphatic rings. The number of benzene rings is 1. The first-order valence-electron chi connectivity index (χ1n) is 4.94. The number of carboxylic acids is 1. The molecule has 1 N–H and O–H groups in total. The van der Waals surface area contributed by atoms with E-state index in [2.05, 4.69) is 4.98 Å². The summed E-state index contributed by atoms with van der Waals surface area (Å²) in [5.41, 5.74) is -0.507. The highest BCUT2D eigenvalue weighted by Gasteiger charge is 2.19. The first kappa shape index (κ1) is 14.1. The number of nitrogens with zero attached hydrogens (tertiary/aromatic N) is 1. The smallest absolute Gasteiger partial charge is 0.338 e. The maximum Gasteiger partial charge on any atom is 0.338 e. The van der Waals surface area contributed by atoms with Gasteiger partial charge in [-0.2, -0.15) is 0 Å². The molecule has 3 nitrogen and oxygen atoms in total. The van der Waals surface area contributed by atoms with Crippen LogP contribution in [0.3, 0.4) is 0 Å². The molecular weight excluding hydrogens is 315 g/mol. The van der Waals surface area contributed by atoms with Crippen molar-refractivity contribution in [3.63, 3.8) is 0 Å². The molecule has 0 unspecified atom stereocenters. The molecule has 0 spiro atoms. The Hall–Kier alpha value is -1.36. The van der Waals surface area contributed by atoms with Crippen LogP contribution in [0.15, 0.2) is 24.4 Å². The highest BCUT2D eigenvalue weighted by Crippen LogP contribution is 2.35. The van der Waals surface area contributed by atoms with Gasteiger partial charge in [-0.25, -0.2) is 9.18 Å². The lowest BCUT2D eigenvalue weighted by Crippen LogP contribution is -2.03. The van der Waals surface area contributed by atoms with Crippen molar-refractivity contribution in [2.24, 2.45) is 0 Å². The van der Waals surface area contributed by atoms with Gasteiger partial charge in [-0.3, -0.25) is 4.98 Å². The average Bonchev–Trinajstić information content (AvgIpc) is 2.34. The number of carbonyl (C=O) groups is 1. The van der Waals surface area contributed by atoms with Crippen LogP contribution in [0.2, 0.25) is 15.1 Å². The number of aromatic nitrogens is 1. The van der Waals surface area contributed by atoms with Gasteiger partial charge in [-0.1, -0.05) is 34.8 Å². The molecule has 0 amide bonds. The van der Waals surface area contributed by atoms with Gasteiger partial charge >= 0.3 is 5.97 Å². The largest absolute Gasteiger partial charge is 0.478 e. The maximum atomic E-state index is 14.0. The summed E-state index contributed by atoms with van der Waals surface area (Å²) in [4.78, 5) is 14.7. The first-order chi connectivity index (χ1) is 8.91. The van der Waals surface area contributed by atoms with Gasteiger partial charge in [0.2, 0.25) is 0 Å². The van der Waals surface area contributed by atoms with E-state index in [1.54, 1.807) is 0 Å². The third kappa shape index (κ3) is 2.66. The highest BCUT2D eigenvalue weighted by molar-refractivity contribution is 6.44. The molecule has 2 aromatic rings. The molecule has 0 aliphatic heterocycles. The van der Waals surface area contributed by atoms with Gasteiger partial charge in [-0.15, -0.1) is 0 Å². The molecule has 0 bridgehead atoms. The zero-order valence-electron chi connectivity index (χ0n) is 9.12. The lowest BCUT2D eigenvalue weighted by molar-refractivity contribution is 0.0692. The number of pyridine rings is 1. The van der Waals surface area contributed by atoms with E-state index in [4.69, 9.17) is 39.9 Å². The van der Waals surface area contributed by atoms with Crippen LogP contribution in [-0.4, -0.2) is 16.1 Å². The summed E-state index contributed by atoms with van der Waals surface area (Å²) < 4.78 is 14.0. The van der Waals surface area contributed by atoms with Crippen molar-refractivity contribution in [1.29, 1.82) is 0 Å². The van der Waals surface area contributed by atoms with E-state index in [1.165, 1.54) is 18.3 Å². The fourth-order valence-electron chi connectivity index (χ4n) is 1.50. The Labute approximate surface area is 122 Å². The van der Waals surface area contributed by atoms with E-state index in [1.807, 2.05) is 0 Å². The quantitative estimate of drug-likeness (QED) is 0.826. The lowest BCUT2D eigenvalue weighted by Gasteiger charge is -2.08. The van der Waals surface area contributed by atoms with Crippen LogP contribution in [0, 0.1) is 5.82 Å². The number of aromatic carboxylic acids is 1. The molecule has 1 aromatic carbocycles. The highest BCUT2D eigenvalue weighted by atomic mass is 35.5. The Balaban J connectivity index is 2.69. The number of rotatable bonds is 2. The Morgan fingerprint density at radius 3 is 2.42 bits per heavy atom. The summed E-state index contributed by atoms with van der Waals surface area (Å²) in [5, 5.41) is 9.37. The molecule has 0 saturated heterocycles. The maximum absolute atomic E-state index is 14.0. The summed E-state index contributed by atoms with van der Waals surface area (Å²) in [6.45, 7) is 0. The second-order valence-electron chi connectivity index (χ2n) is 3.57. The summed E-state index contributed by atoms with van der Waals surface area (Å²) >= 11 is 17.5. The molecule has 2 rings (SSSR count). The predicted molar refractivity (Wildman–Crippen MR) is 71.6 cm³/mol. The molecular formula is C12H5Cl3FNO2. The van der Waals surface area contributed by atoms with Crippen LogP contribution in [-0.2, 0) is 0 Å². The van der Waals surface area contributed by atoms with Gasteiger partial charge in [0.05, 0.1) is 20.6 Å². The third-order valence-electron chi connectivity index (χ3n) is 2.38. The zero-order valence-corrected chi connectivity index (χ0v) is 11.4. The summed E-state index contributed by atoms with van der Waals surface area (Å²) in [5.74, 6) is -2.37. The molecule has 0 fully saturated rings. The Bertz CT molecular complexity index is 676. The van der Waals surface area contributed by atoms with E-state index >= 15 is 0 Å². The van der Waals surface area contributed by atoms with Gasteiger partial charge in [0.15, 0.2) is 5.82 Å².